The summed E-state index contributed by atoms with van der Waals surface area (Å²) in [5, 5.41) is 8.63. The van der Waals surface area contributed by atoms with Gasteiger partial charge < -0.3 is 9.80 Å². The Morgan fingerprint density at radius 3 is 3.00 bits per heavy atom. The highest BCUT2D eigenvalue weighted by Gasteiger charge is 2.27. The predicted molar refractivity (Wildman–Crippen MR) is 95.2 cm³/mol. The van der Waals surface area contributed by atoms with Gasteiger partial charge in [-0.3, -0.25) is 4.79 Å². The zero-order valence-corrected chi connectivity index (χ0v) is 15.3. The lowest BCUT2D eigenvalue weighted by atomic mass is 10.1. The number of amides is 1. The summed E-state index contributed by atoms with van der Waals surface area (Å²) < 4.78 is 1.04. The Morgan fingerprint density at radius 2 is 2.32 bits per heavy atom. The molecule has 0 radical (unpaired) electrons. The molecule has 0 saturated carbocycles. The molecule has 1 aliphatic rings. The van der Waals surface area contributed by atoms with Crippen molar-refractivity contribution in [2.24, 2.45) is 0 Å². The highest BCUT2D eigenvalue weighted by molar-refractivity contribution is 9.10. The molecule has 0 aliphatic carbocycles. The lowest BCUT2D eigenvalue weighted by molar-refractivity contribution is -0.116. The smallest absolute Gasteiger partial charge is 0.237 e. The van der Waals surface area contributed by atoms with Gasteiger partial charge in [0.2, 0.25) is 5.91 Å². The Labute approximate surface area is 144 Å². The maximum absolute atomic E-state index is 12.6. The van der Waals surface area contributed by atoms with Crippen LogP contribution in [0.1, 0.15) is 12.0 Å². The molecule has 22 heavy (non-hydrogen) atoms. The summed E-state index contributed by atoms with van der Waals surface area (Å²) in [6, 6.07) is 8.52. The second-order valence-electron chi connectivity index (χ2n) is 5.58. The maximum Gasteiger partial charge on any atom is 0.237 e. The van der Waals surface area contributed by atoms with Crippen LogP contribution in [-0.4, -0.2) is 49.0 Å². The Hall–Kier alpha value is -1.03. The zero-order chi connectivity index (χ0) is 16.1. The van der Waals surface area contributed by atoms with Gasteiger partial charge in [0.05, 0.1) is 17.6 Å². The van der Waals surface area contributed by atoms with Gasteiger partial charge in [0.15, 0.2) is 0 Å². The molecule has 0 aromatic heterocycles. The van der Waals surface area contributed by atoms with Crippen LogP contribution in [0.3, 0.4) is 0 Å². The molecule has 6 heteroatoms. The first-order valence-corrected chi connectivity index (χ1v) is 9.17. The first-order chi connectivity index (χ1) is 10.5. The van der Waals surface area contributed by atoms with Gasteiger partial charge in [0.25, 0.3) is 0 Å². The standard InChI is InChI=1S/C16H20BrN3OS/c1-19(2)14-5-3-12-9-13(17)4-6-15(12)20(10-14)16(21)11-22-8-7-18/h4,6,9,14H,3,5,8,10-11H2,1-2H3. The number of anilines is 1. The Morgan fingerprint density at radius 1 is 1.55 bits per heavy atom. The van der Waals surface area contributed by atoms with Gasteiger partial charge in [0.1, 0.15) is 0 Å². The van der Waals surface area contributed by atoms with Crippen molar-refractivity contribution >= 4 is 39.3 Å². The number of fused-ring (bicyclic) bond motifs is 1. The molecule has 1 unspecified atom stereocenters. The zero-order valence-electron chi connectivity index (χ0n) is 12.9. The van der Waals surface area contributed by atoms with Crippen LogP contribution in [0, 0.1) is 11.3 Å². The van der Waals surface area contributed by atoms with E-state index in [0.717, 1.165) is 23.0 Å². The van der Waals surface area contributed by atoms with Gasteiger partial charge in [-0.1, -0.05) is 15.9 Å². The van der Waals surface area contributed by atoms with Gasteiger partial charge in [0, 0.05) is 22.7 Å². The molecule has 1 atom stereocenters. The number of thioether (sulfide) groups is 1. The van der Waals surface area contributed by atoms with Crippen LogP contribution in [0.25, 0.3) is 0 Å². The summed E-state index contributed by atoms with van der Waals surface area (Å²) in [5.74, 6) is 0.783. The van der Waals surface area contributed by atoms with Gasteiger partial charge in [-0.05, 0) is 50.7 Å². The van der Waals surface area contributed by atoms with E-state index < -0.39 is 0 Å². The number of hydrogen-bond donors (Lipinski definition) is 0. The van der Waals surface area contributed by atoms with Crippen molar-refractivity contribution in [1.29, 1.82) is 5.26 Å². The molecule has 1 heterocycles. The Bertz CT molecular complexity index is 585. The lowest BCUT2D eigenvalue weighted by Gasteiger charge is -2.29. The number of hydrogen-bond acceptors (Lipinski definition) is 4. The topological polar surface area (TPSA) is 47.3 Å². The van der Waals surface area contributed by atoms with Crippen LogP contribution < -0.4 is 4.90 Å². The van der Waals surface area contributed by atoms with Gasteiger partial charge in [-0.25, -0.2) is 0 Å². The van der Waals surface area contributed by atoms with Gasteiger partial charge in [-0.2, -0.15) is 5.26 Å². The fourth-order valence-electron chi connectivity index (χ4n) is 2.66. The highest BCUT2D eigenvalue weighted by atomic mass is 79.9. The highest BCUT2D eigenvalue weighted by Crippen LogP contribution is 2.30. The summed E-state index contributed by atoms with van der Waals surface area (Å²) in [7, 11) is 4.12. The fourth-order valence-corrected chi connectivity index (χ4v) is 3.59. The largest absolute Gasteiger partial charge is 0.310 e. The number of likely N-dealkylation sites (N-methyl/N-ethyl adjacent to an activating group) is 1. The van der Waals surface area contributed by atoms with Crippen LogP contribution in [-0.2, 0) is 11.2 Å². The molecule has 0 N–H and O–H groups in total. The number of rotatable bonds is 4. The summed E-state index contributed by atoms with van der Waals surface area (Å²) in [6.45, 7) is 0.702. The van der Waals surface area contributed by atoms with Crippen molar-refractivity contribution < 1.29 is 4.79 Å². The third kappa shape index (κ3) is 4.25. The number of benzene rings is 1. The predicted octanol–water partition coefficient (Wildman–Crippen LogP) is 2.92. The normalized spacial score (nSPS) is 17.8. The van der Waals surface area contributed by atoms with Crippen LogP contribution >= 0.6 is 27.7 Å². The molecule has 1 amide bonds. The fraction of sp³-hybridized carbons (Fsp3) is 0.500. The molecule has 118 valence electrons. The number of carbonyl (C=O) groups excluding carboxylic acids is 1. The van der Waals surface area contributed by atoms with Gasteiger partial charge >= 0.3 is 0 Å². The van der Waals surface area contributed by atoms with Crippen molar-refractivity contribution in [3.63, 3.8) is 0 Å². The summed E-state index contributed by atoms with van der Waals surface area (Å²) in [4.78, 5) is 16.7. The van der Waals surface area contributed by atoms with E-state index >= 15 is 0 Å². The summed E-state index contributed by atoms with van der Waals surface area (Å²) in [6.07, 6.45) is 2.00. The van der Waals surface area contributed by atoms with Crippen molar-refractivity contribution in [1.82, 2.24) is 4.90 Å². The van der Waals surface area contributed by atoms with Crippen LogP contribution in [0.2, 0.25) is 0 Å². The monoisotopic (exact) mass is 381 g/mol. The van der Waals surface area contributed by atoms with E-state index in [1.54, 1.807) is 0 Å². The molecule has 0 fully saturated rings. The minimum absolute atomic E-state index is 0.0811. The molecule has 0 bridgehead atoms. The quantitative estimate of drug-likeness (QED) is 0.752. The molecule has 1 aromatic carbocycles. The average Bonchev–Trinajstić information content (AvgIpc) is 2.66. The summed E-state index contributed by atoms with van der Waals surface area (Å²) in [5.41, 5.74) is 2.22. The number of nitrogens with zero attached hydrogens (tertiary/aromatic N) is 3. The second-order valence-corrected chi connectivity index (χ2v) is 7.49. The average molecular weight is 382 g/mol. The van der Waals surface area contributed by atoms with E-state index in [1.165, 1.54) is 17.3 Å². The van der Waals surface area contributed by atoms with Crippen LogP contribution in [0.4, 0.5) is 5.69 Å². The first-order valence-electron chi connectivity index (χ1n) is 7.23. The number of nitriles is 1. The van der Waals surface area contributed by atoms with Gasteiger partial charge in [-0.15, -0.1) is 11.8 Å². The van der Waals surface area contributed by atoms with Crippen molar-refractivity contribution in [3.8, 4) is 6.07 Å². The van der Waals surface area contributed by atoms with E-state index in [2.05, 4.69) is 47.1 Å². The molecular weight excluding hydrogens is 362 g/mol. The van der Waals surface area contributed by atoms with E-state index in [9.17, 15) is 4.79 Å². The van der Waals surface area contributed by atoms with Crippen LogP contribution in [0.15, 0.2) is 22.7 Å². The van der Waals surface area contributed by atoms with Crippen molar-refractivity contribution in [2.45, 2.75) is 18.9 Å². The number of halogens is 1. The molecule has 0 saturated heterocycles. The molecule has 4 nitrogen and oxygen atoms in total. The van der Waals surface area contributed by atoms with Crippen molar-refractivity contribution in [3.05, 3.63) is 28.2 Å². The van der Waals surface area contributed by atoms with E-state index in [-0.39, 0.29) is 5.91 Å². The van der Waals surface area contributed by atoms with E-state index in [0.29, 0.717) is 24.1 Å². The Balaban J connectivity index is 2.26. The second kappa shape index (κ2) is 8.00. The molecule has 0 spiro atoms. The minimum Gasteiger partial charge on any atom is -0.310 e. The minimum atomic E-state index is 0.0811. The maximum atomic E-state index is 12.6. The van der Waals surface area contributed by atoms with E-state index in [4.69, 9.17) is 5.26 Å². The summed E-state index contributed by atoms with van der Waals surface area (Å²) >= 11 is 4.89. The van der Waals surface area contributed by atoms with Crippen LogP contribution in [0.5, 0.6) is 0 Å². The molecule has 1 aromatic rings. The molecule has 2 rings (SSSR count). The number of carbonyl (C=O) groups is 1. The Kier molecular flexibility index (Phi) is 6.30. The van der Waals surface area contributed by atoms with Crippen molar-refractivity contribution in [2.75, 3.05) is 37.0 Å². The molecular formula is C16H20BrN3OS. The van der Waals surface area contributed by atoms with E-state index in [1.807, 2.05) is 17.0 Å². The third-order valence-corrected chi connectivity index (χ3v) is 5.17. The SMILES string of the molecule is CN(C)C1CCc2cc(Br)ccc2N(C(=O)CSCC#N)C1. The number of aryl methyl sites for hydroxylation is 1. The lowest BCUT2D eigenvalue weighted by Crippen LogP contribution is -2.43. The first kappa shape index (κ1) is 17.3. The molecule has 1 aliphatic heterocycles. The third-order valence-electron chi connectivity index (χ3n) is 3.90.